The van der Waals surface area contributed by atoms with Gasteiger partial charge < -0.3 is 74.4 Å². The molecule has 0 unspecified atom stereocenters. The van der Waals surface area contributed by atoms with Gasteiger partial charge in [0.25, 0.3) is 0 Å². The Morgan fingerprint density at radius 3 is 0.286 bits per heavy atom. The Kier molecular flexibility index (Phi) is 719. The predicted molar refractivity (Wildman–Crippen MR) is 5.75 cm³/mol. The van der Waals surface area contributed by atoms with Crippen LogP contribution in [0.25, 0.3) is 0 Å². The smallest absolute Gasteiger partial charge is 1.00 e. The summed E-state index contributed by atoms with van der Waals surface area (Å²) in [5, 5.41) is 0. The van der Waals surface area contributed by atoms with E-state index in [9.17, 15) is 0 Å². The molecule has 0 saturated heterocycles. The first-order valence-corrected chi connectivity index (χ1v) is 0. The van der Waals surface area contributed by atoms with Crippen molar-refractivity contribution >= 4 is 45.5 Å². The predicted octanol–water partition coefficient (Wildman–Crippen LogP) is -18.4. The summed E-state index contributed by atoms with van der Waals surface area (Å²) in [4.78, 5) is 0. The Labute approximate surface area is 118 Å². The topological polar surface area (TPSA) is 0 Å². The average Bonchev–Trinajstić information content (AvgIpc) is 0. The monoisotopic (exact) mass is 298 g/mol. The van der Waals surface area contributed by atoms with Crippen LogP contribution in [0.3, 0.4) is 0 Å². The Morgan fingerprint density at radius 2 is 0.286 bits per heavy atom. The first-order chi connectivity index (χ1) is 0. The van der Waals surface area contributed by atoms with E-state index >= 15 is 0 Å². The molecule has 48 valence electrons. The van der Waals surface area contributed by atoms with Gasteiger partial charge in [0.1, 0.15) is 0 Å². The van der Waals surface area contributed by atoms with Gasteiger partial charge in [-0.25, -0.2) is 0 Å². The second-order valence-corrected chi connectivity index (χ2v) is 0. The van der Waals surface area contributed by atoms with Gasteiger partial charge in [0.2, 0.25) is 0 Å². The number of hydrogen-bond donors (Lipinski definition) is 0. The number of halogens is 6. The molecule has 7 heteroatoms. The van der Waals surface area contributed by atoms with E-state index in [1.54, 1.807) is 0 Å². The summed E-state index contributed by atoms with van der Waals surface area (Å²) >= 11 is 0. The van der Waals surface area contributed by atoms with E-state index in [1.165, 1.54) is 0 Å². The molecule has 0 aliphatic heterocycles. The van der Waals surface area contributed by atoms with Crippen molar-refractivity contribution in [1.82, 2.24) is 0 Å². The quantitative estimate of drug-likeness (QED) is 0.390. The van der Waals surface area contributed by atoms with Gasteiger partial charge in [-0.3, -0.25) is 0 Å². The van der Waals surface area contributed by atoms with E-state index in [1.807, 2.05) is 0 Å². The molecule has 0 N–H and O–H groups in total. The molecule has 7 heavy (non-hydrogen) atoms. The molecule has 0 nitrogen and oxygen atoms in total. The normalized spacial score (nSPS) is 0. The molecule has 0 spiro atoms. The number of hydrogen-bond acceptors (Lipinski definition) is 0. The van der Waals surface area contributed by atoms with Crippen LogP contribution in [0.5, 0.6) is 0 Å². The summed E-state index contributed by atoms with van der Waals surface area (Å²) in [7, 11) is 0. The summed E-state index contributed by atoms with van der Waals surface area (Å²) in [5.41, 5.74) is 0. The van der Waals surface area contributed by atoms with Gasteiger partial charge in [0.05, 0.1) is 0 Å². The Bertz CT molecular complexity index is 4.14. The van der Waals surface area contributed by atoms with E-state index in [4.69, 9.17) is 0 Å². The van der Waals surface area contributed by atoms with Gasteiger partial charge in [0.15, 0.2) is 0 Å². The summed E-state index contributed by atoms with van der Waals surface area (Å²) in [5.74, 6) is 0. The zero-order valence-corrected chi connectivity index (χ0v) is 11.0. The van der Waals surface area contributed by atoms with Crippen molar-refractivity contribution in [3.8, 4) is 0 Å². The van der Waals surface area contributed by atoms with Crippen LogP contribution in [0.4, 0.5) is 0 Å². The van der Waals surface area contributed by atoms with Crippen molar-refractivity contribution < 1.29 is 74.4 Å². The molecule has 0 aromatic carbocycles. The van der Waals surface area contributed by atoms with E-state index in [-0.39, 0.29) is 120 Å². The van der Waals surface area contributed by atoms with Crippen molar-refractivity contribution in [3.63, 3.8) is 0 Å². The van der Waals surface area contributed by atoms with Crippen LogP contribution in [-0.4, -0.2) is 45.5 Å². The van der Waals surface area contributed by atoms with Gasteiger partial charge in [0, 0.05) is 0 Å². The molecule has 0 amide bonds. The van der Waals surface area contributed by atoms with Crippen molar-refractivity contribution in [1.29, 1.82) is 0 Å². The maximum Gasteiger partial charge on any atom is 2.00 e. The molecule has 0 heterocycles. The average molecular weight is 300 g/mol. The zero-order valence-electron chi connectivity index (χ0n) is 2.97. The molecule has 0 aliphatic carbocycles. The van der Waals surface area contributed by atoms with Crippen LogP contribution in [0, 0.1) is 0 Å². The summed E-state index contributed by atoms with van der Waals surface area (Å²) in [6.07, 6.45) is 0. The van der Waals surface area contributed by atoms with Crippen LogP contribution in [0.15, 0.2) is 0 Å². The molecule has 0 fully saturated rings. The van der Waals surface area contributed by atoms with E-state index in [0.717, 1.165) is 0 Å². The third kappa shape index (κ3) is 46.3. The Morgan fingerprint density at radius 1 is 0.286 bits per heavy atom. The van der Waals surface area contributed by atoms with E-state index in [0.29, 0.717) is 0 Å². The largest absolute Gasteiger partial charge is 2.00 e. The maximum absolute atomic E-state index is 0. The van der Waals surface area contributed by atoms with Gasteiger partial charge in [-0.15, -0.1) is 0 Å². The van der Waals surface area contributed by atoms with Crippen molar-refractivity contribution in [2.75, 3.05) is 0 Å². The number of rotatable bonds is 0. The standard InChI is InChI=1S/6ClH.Sr/h6*1H;/q;;;;;;+2/p-6. The fraction of sp³-hybridized carbons (Fsp3) is 0. The summed E-state index contributed by atoms with van der Waals surface area (Å²) in [6.45, 7) is 0. The third-order valence-corrected chi connectivity index (χ3v) is 0. The molecular weight excluding hydrogens is 300 g/mol. The molecule has 0 aliphatic rings. The Hall–Kier alpha value is 3.22. The maximum atomic E-state index is 0. The van der Waals surface area contributed by atoms with E-state index < -0.39 is 0 Å². The molecule has 0 aromatic rings. The Balaban J connectivity index is 0. The van der Waals surface area contributed by atoms with Gasteiger partial charge in [-0.1, -0.05) is 0 Å². The van der Waals surface area contributed by atoms with Crippen LogP contribution in [0.1, 0.15) is 0 Å². The first kappa shape index (κ1) is 83.8. The van der Waals surface area contributed by atoms with Crippen LogP contribution in [-0.2, 0) is 0 Å². The van der Waals surface area contributed by atoms with Gasteiger partial charge >= 0.3 is 45.5 Å². The molecule has 0 radical (unpaired) electrons. The molecule has 0 saturated carbocycles. The van der Waals surface area contributed by atoms with Gasteiger partial charge in [-0.2, -0.15) is 0 Å². The molecular formula is Cl6Sr-4. The fourth-order valence-electron chi connectivity index (χ4n) is 0. The first-order valence-electron chi connectivity index (χ1n) is 0. The van der Waals surface area contributed by atoms with Crippen molar-refractivity contribution in [2.24, 2.45) is 0 Å². The molecule has 0 bridgehead atoms. The molecule has 0 rings (SSSR count). The molecule has 0 atom stereocenters. The van der Waals surface area contributed by atoms with Crippen molar-refractivity contribution in [3.05, 3.63) is 0 Å². The van der Waals surface area contributed by atoms with Crippen LogP contribution in [0.2, 0.25) is 0 Å². The minimum Gasteiger partial charge on any atom is -1.00 e. The van der Waals surface area contributed by atoms with Crippen LogP contribution >= 0.6 is 0 Å². The third-order valence-electron chi connectivity index (χ3n) is 0. The SMILES string of the molecule is [Cl-].[Cl-].[Cl-].[Cl-].[Cl-].[Cl-].[Sr+2]. The van der Waals surface area contributed by atoms with Crippen LogP contribution < -0.4 is 74.4 Å². The minimum atomic E-state index is 0. The summed E-state index contributed by atoms with van der Waals surface area (Å²) in [6, 6.07) is 0. The zero-order chi connectivity index (χ0) is 0. The minimum absolute atomic E-state index is 0. The molecule has 0 aromatic heterocycles. The second kappa shape index (κ2) is 60.1. The second-order valence-electron chi connectivity index (χ2n) is 0. The van der Waals surface area contributed by atoms with E-state index in [2.05, 4.69) is 0 Å². The van der Waals surface area contributed by atoms with Crippen molar-refractivity contribution in [2.45, 2.75) is 0 Å². The van der Waals surface area contributed by atoms with Gasteiger partial charge in [-0.05, 0) is 0 Å². The fourth-order valence-corrected chi connectivity index (χ4v) is 0. The summed E-state index contributed by atoms with van der Waals surface area (Å²) < 4.78 is 0.